The number of benzene rings is 1. The van der Waals surface area contributed by atoms with Crippen molar-refractivity contribution >= 4 is 33.2 Å². The summed E-state index contributed by atoms with van der Waals surface area (Å²) in [6, 6.07) is 4.69. The maximum absolute atomic E-state index is 13.0. The number of hydrogen-bond donors (Lipinski definition) is 1. The largest absolute Gasteiger partial charge is 0.392 e. The Hall–Kier alpha value is -0.580. The van der Waals surface area contributed by atoms with Gasteiger partial charge in [-0.15, -0.1) is 23.1 Å². The van der Waals surface area contributed by atoms with Gasteiger partial charge in [-0.2, -0.15) is 0 Å². The second-order valence-electron chi connectivity index (χ2n) is 2.87. The Labute approximate surface area is 89.6 Å². The van der Waals surface area contributed by atoms with Gasteiger partial charge in [-0.25, -0.2) is 4.39 Å². The highest BCUT2D eigenvalue weighted by molar-refractivity contribution is 8.00. The molecule has 0 bridgehead atoms. The molecule has 0 aliphatic carbocycles. The van der Waals surface area contributed by atoms with Crippen molar-refractivity contribution in [2.75, 3.05) is 6.26 Å². The molecule has 14 heavy (non-hydrogen) atoms. The van der Waals surface area contributed by atoms with Crippen LogP contribution < -0.4 is 0 Å². The van der Waals surface area contributed by atoms with Gasteiger partial charge in [-0.3, -0.25) is 0 Å². The van der Waals surface area contributed by atoms with E-state index in [1.165, 1.54) is 12.1 Å². The molecule has 0 aliphatic heterocycles. The summed E-state index contributed by atoms with van der Waals surface area (Å²) < 4.78 is 15.1. The Morgan fingerprint density at radius 2 is 2.29 bits per heavy atom. The van der Waals surface area contributed by atoms with Crippen molar-refractivity contribution in [2.45, 2.75) is 10.8 Å². The van der Waals surface area contributed by atoms with Crippen LogP contribution >= 0.6 is 23.1 Å². The quantitative estimate of drug-likeness (QED) is 0.796. The van der Waals surface area contributed by atoms with Crippen LogP contribution in [-0.4, -0.2) is 11.4 Å². The summed E-state index contributed by atoms with van der Waals surface area (Å²) in [5, 5.41) is 10.0. The molecule has 2 rings (SSSR count). The smallest absolute Gasteiger partial charge is 0.123 e. The number of fused-ring (bicyclic) bond motifs is 1. The fourth-order valence-corrected chi connectivity index (χ4v) is 3.36. The van der Waals surface area contributed by atoms with Crippen molar-refractivity contribution in [3.63, 3.8) is 0 Å². The zero-order valence-corrected chi connectivity index (χ0v) is 9.21. The normalized spacial score (nSPS) is 11.1. The first-order valence-electron chi connectivity index (χ1n) is 4.12. The molecule has 1 aromatic heterocycles. The number of hydrogen-bond acceptors (Lipinski definition) is 3. The van der Waals surface area contributed by atoms with Crippen LogP contribution in [0.2, 0.25) is 0 Å². The predicted octanol–water partition coefficient (Wildman–Crippen LogP) is 3.25. The van der Waals surface area contributed by atoms with E-state index in [0.29, 0.717) is 0 Å². The topological polar surface area (TPSA) is 20.2 Å². The minimum atomic E-state index is -0.252. The standard InChI is InChI=1S/C10H9FOS2/c1-13-10-8(5-12)7-4-6(11)2-3-9(7)14-10/h2-4,12H,5H2,1H3. The minimum absolute atomic E-state index is 0.0281. The highest BCUT2D eigenvalue weighted by atomic mass is 32.2. The van der Waals surface area contributed by atoms with Crippen LogP contribution in [0, 0.1) is 5.82 Å². The molecule has 1 nitrogen and oxygen atoms in total. The molecule has 0 radical (unpaired) electrons. The van der Waals surface area contributed by atoms with Crippen LogP contribution in [0.4, 0.5) is 4.39 Å². The summed E-state index contributed by atoms with van der Waals surface area (Å²) in [6.07, 6.45) is 1.96. The van der Waals surface area contributed by atoms with E-state index in [9.17, 15) is 9.50 Å². The van der Waals surface area contributed by atoms with E-state index in [1.54, 1.807) is 29.2 Å². The molecule has 1 N–H and O–H groups in total. The molecule has 1 aromatic carbocycles. The van der Waals surface area contributed by atoms with Crippen molar-refractivity contribution in [3.05, 3.63) is 29.6 Å². The van der Waals surface area contributed by atoms with Crippen LogP contribution in [0.5, 0.6) is 0 Å². The summed E-state index contributed by atoms with van der Waals surface area (Å²) in [5.74, 6) is -0.252. The number of aliphatic hydroxyl groups excluding tert-OH is 1. The summed E-state index contributed by atoms with van der Waals surface area (Å²) in [6.45, 7) is -0.0281. The molecule has 0 saturated carbocycles. The molecule has 74 valence electrons. The van der Waals surface area contributed by atoms with E-state index in [1.807, 2.05) is 6.26 Å². The molecule has 1 heterocycles. The van der Waals surface area contributed by atoms with Crippen LogP contribution in [0.3, 0.4) is 0 Å². The Bertz CT molecular complexity index is 464. The van der Waals surface area contributed by atoms with E-state index < -0.39 is 0 Å². The fraction of sp³-hybridized carbons (Fsp3) is 0.200. The van der Waals surface area contributed by atoms with Gasteiger partial charge >= 0.3 is 0 Å². The molecule has 2 aromatic rings. The predicted molar refractivity (Wildman–Crippen MR) is 59.5 cm³/mol. The van der Waals surface area contributed by atoms with Crippen LogP contribution in [0.25, 0.3) is 10.1 Å². The third-order valence-electron chi connectivity index (χ3n) is 2.06. The molecule has 0 spiro atoms. The van der Waals surface area contributed by atoms with Crippen LogP contribution in [-0.2, 0) is 6.61 Å². The van der Waals surface area contributed by atoms with Gasteiger partial charge in [-0.1, -0.05) is 0 Å². The third kappa shape index (κ3) is 1.54. The second kappa shape index (κ2) is 3.88. The number of halogens is 1. The number of aliphatic hydroxyl groups is 1. The Balaban J connectivity index is 2.74. The van der Waals surface area contributed by atoms with Crippen LogP contribution in [0.1, 0.15) is 5.56 Å². The molecule has 0 aliphatic rings. The first-order chi connectivity index (χ1) is 6.76. The molecule has 0 atom stereocenters. The molecule has 0 amide bonds. The third-order valence-corrected chi connectivity index (χ3v) is 4.43. The van der Waals surface area contributed by atoms with Gasteiger partial charge in [0.2, 0.25) is 0 Å². The summed E-state index contributed by atoms with van der Waals surface area (Å²) in [7, 11) is 0. The van der Waals surface area contributed by atoms with Crippen molar-refractivity contribution in [2.24, 2.45) is 0 Å². The lowest BCUT2D eigenvalue weighted by Crippen LogP contribution is -1.82. The van der Waals surface area contributed by atoms with Gasteiger partial charge in [0, 0.05) is 15.6 Å². The molecular weight excluding hydrogens is 219 g/mol. The van der Waals surface area contributed by atoms with Crippen molar-refractivity contribution in [1.82, 2.24) is 0 Å². The number of thiophene rings is 1. The second-order valence-corrected chi connectivity index (χ2v) is 5.00. The molecule has 0 saturated heterocycles. The highest BCUT2D eigenvalue weighted by Crippen LogP contribution is 2.37. The summed E-state index contributed by atoms with van der Waals surface area (Å²) in [4.78, 5) is 0. The summed E-state index contributed by atoms with van der Waals surface area (Å²) >= 11 is 3.18. The maximum Gasteiger partial charge on any atom is 0.123 e. The zero-order valence-electron chi connectivity index (χ0n) is 7.58. The first-order valence-corrected chi connectivity index (χ1v) is 6.16. The van der Waals surface area contributed by atoms with Gasteiger partial charge in [0.15, 0.2) is 0 Å². The average Bonchev–Trinajstić information content (AvgIpc) is 2.54. The highest BCUT2D eigenvalue weighted by Gasteiger charge is 2.10. The Morgan fingerprint density at radius 1 is 1.50 bits per heavy atom. The molecule has 4 heteroatoms. The van der Waals surface area contributed by atoms with Crippen molar-refractivity contribution in [3.8, 4) is 0 Å². The van der Waals surface area contributed by atoms with E-state index >= 15 is 0 Å². The molecule has 0 unspecified atom stereocenters. The lowest BCUT2D eigenvalue weighted by molar-refractivity contribution is 0.281. The Morgan fingerprint density at radius 3 is 2.93 bits per heavy atom. The van der Waals surface area contributed by atoms with E-state index in [-0.39, 0.29) is 12.4 Å². The van der Waals surface area contributed by atoms with Gasteiger partial charge in [-0.05, 0) is 24.5 Å². The van der Waals surface area contributed by atoms with Crippen molar-refractivity contribution < 1.29 is 9.50 Å². The van der Waals surface area contributed by atoms with Crippen molar-refractivity contribution in [1.29, 1.82) is 0 Å². The lowest BCUT2D eigenvalue weighted by Gasteiger charge is -1.96. The molecule has 0 fully saturated rings. The summed E-state index contributed by atoms with van der Waals surface area (Å²) in [5.41, 5.74) is 0.844. The number of thioether (sulfide) groups is 1. The van der Waals surface area contributed by atoms with E-state index in [2.05, 4.69) is 0 Å². The van der Waals surface area contributed by atoms with Gasteiger partial charge < -0.3 is 5.11 Å². The first kappa shape index (κ1) is 9.96. The molecular formula is C10H9FOS2. The Kier molecular flexibility index (Phi) is 2.76. The van der Waals surface area contributed by atoms with E-state index in [0.717, 1.165) is 19.9 Å². The van der Waals surface area contributed by atoms with E-state index in [4.69, 9.17) is 0 Å². The fourth-order valence-electron chi connectivity index (χ4n) is 1.41. The monoisotopic (exact) mass is 228 g/mol. The maximum atomic E-state index is 13.0. The lowest BCUT2D eigenvalue weighted by atomic mass is 10.2. The van der Waals surface area contributed by atoms with Crippen LogP contribution in [0.15, 0.2) is 22.4 Å². The van der Waals surface area contributed by atoms with Gasteiger partial charge in [0.1, 0.15) is 5.82 Å². The minimum Gasteiger partial charge on any atom is -0.392 e. The van der Waals surface area contributed by atoms with Gasteiger partial charge in [0.25, 0.3) is 0 Å². The van der Waals surface area contributed by atoms with Gasteiger partial charge in [0.05, 0.1) is 10.8 Å². The average molecular weight is 228 g/mol. The number of rotatable bonds is 2. The zero-order chi connectivity index (χ0) is 10.1. The SMILES string of the molecule is CSc1sc2ccc(F)cc2c1CO.